The number of nitrogens with zero attached hydrogens (tertiary/aromatic N) is 2. The number of ether oxygens (including phenoxy) is 1. The lowest BCUT2D eigenvalue weighted by Crippen LogP contribution is -2.38. The van der Waals surface area contributed by atoms with Gasteiger partial charge in [-0.1, -0.05) is 12.8 Å². The summed E-state index contributed by atoms with van der Waals surface area (Å²) >= 11 is 0. The van der Waals surface area contributed by atoms with Gasteiger partial charge < -0.3 is 20.7 Å². The first-order valence-corrected chi connectivity index (χ1v) is 6.47. The molecule has 0 aliphatic heterocycles. The molecule has 0 bridgehead atoms. The van der Waals surface area contributed by atoms with E-state index in [1.807, 2.05) is 14.1 Å². The van der Waals surface area contributed by atoms with Gasteiger partial charge in [-0.15, -0.1) is 0 Å². The van der Waals surface area contributed by atoms with E-state index in [1.54, 1.807) is 0 Å². The number of likely N-dealkylation sites (N-methyl/N-ethyl adjacent to an activating group) is 1. The van der Waals surface area contributed by atoms with Crippen LogP contribution >= 0.6 is 0 Å². The van der Waals surface area contributed by atoms with Gasteiger partial charge in [-0.2, -0.15) is 0 Å². The van der Waals surface area contributed by atoms with Gasteiger partial charge in [0.1, 0.15) is 0 Å². The molecule has 0 unspecified atom stereocenters. The molecule has 0 aromatic rings. The predicted molar refractivity (Wildman–Crippen MR) is 71.3 cm³/mol. The van der Waals surface area contributed by atoms with Crippen molar-refractivity contribution in [2.75, 3.05) is 40.4 Å². The van der Waals surface area contributed by atoms with Crippen molar-refractivity contribution in [2.24, 2.45) is 10.7 Å². The molecule has 1 aliphatic rings. The van der Waals surface area contributed by atoms with Crippen LogP contribution < -0.4 is 11.1 Å². The largest absolute Gasteiger partial charge is 0.378 e. The fourth-order valence-corrected chi connectivity index (χ4v) is 1.90. The van der Waals surface area contributed by atoms with Gasteiger partial charge in [-0.05, 0) is 26.9 Å². The van der Waals surface area contributed by atoms with Crippen LogP contribution in [0.25, 0.3) is 0 Å². The Kier molecular flexibility index (Phi) is 6.96. The third-order valence-electron chi connectivity index (χ3n) is 2.91. The Morgan fingerprint density at radius 1 is 1.35 bits per heavy atom. The fraction of sp³-hybridized carbons (Fsp3) is 0.917. The van der Waals surface area contributed by atoms with Crippen LogP contribution in [-0.2, 0) is 4.74 Å². The average molecular weight is 242 g/mol. The van der Waals surface area contributed by atoms with E-state index >= 15 is 0 Å². The lowest BCUT2D eigenvalue weighted by atomic mass is 10.2. The van der Waals surface area contributed by atoms with Gasteiger partial charge in [0.05, 0.1) is 19.8 Å². The summed E-state index contributed by atoms with van der Waals surface area (Å²) in [5, 5.41) is 3.25. The molecule has 5 heteroatoms. The lowest BCUT2D eigenvalue weighted by Gasteiger charge is -2.12. The van der Waals surface area contributed by atoms with Gasteiger partial charge in [0.25, 0.3) is 0 Å². The van der Waals surface area contributed by atoms with Gasteiger partial charge >= 0.3 is 0 Å². The number of aliphatic imine (C=N–C) groups is 1. The Hall–Kier alpha value is -0.810. The fourth-order valence-electron chi connectivity index (χ4n) is 1.90. The van der Waals surface area contributed by atoms with Crippen LogP contribution in [0.1, 0.15) is 25.7 Å². The monoisotopic (exact) mass is 242 g/mol. The van der Waals surface area contributed by atoms with Crippen molar-refractivity contribution in [3.63, 3.8) is 0 Å². The molecule has 0 atom stereocenters. The van der Waals surface area contributed by atoms with Crippen LogP contribution in [0.3, 0.4) is 0 Å². The van der Waals surface area contributed by atoms with Gasteiger partial charge in [0, 0.05) is 12.6 Å². The number of hydrogen-bond acceptors (Lipinski definition) is 3. The molecule has 0 heterocycles. The molecule has 0 spiro atoms. The summed E-state index contributed by atoms with van der Waals surface area (Å²) in [6, 6.07) is 0.536. The molecule has 0 saturated heterocycles. The highest BCUT2D eigenvalue weighted by Gasteiger charge is 2.14. The molecule has 1 fully saturated rings. The van der Waals surface area contributed by atoms with E-state index in [2.05, 4.69) is 15.2 Å². The molecule has 17 heavy (non-hydrogen) atoms. The highest BCUT2D eigenvalue weighted by Crippen LogP contribution is 2.17. The molecule has 0 radical (unpaired) electrons. The van der Waals surface area contributed by atoms with Crippen LogP contribution in [0.4, 0.5) is 0 Å². The second-order valence-electron chi connectivity index (χ2n) is 4.81. The maximum absolute atomic E-state index is 5.79. The Balaban J connectivity index is 1.99. The molecular formula is C12H26N4O. The second kappa shape index (κ2) is 8.31. The van der Waals surface area contributed by atoms with E-state index in [0.29, 0.717) is 25.2 Å². The van der Waals surface area contributed by atoms with Gasteiger partial charge in [-0.25, -0.2) is 0 Å². The highest BCUT2D eigenvalue weighted by molar-refractivity contribution is 5.78. The first kappa shape index (κ1) is 14.3. The molecule has 100 valence electrons. The van der Waals surface area contributed by atoms with Gasteiger partial charge in [0.15, 0.2) is 5.96 Å². The van der Waals surface area contributed by atoms with Crippen molar-refractivity contribution >= 4 is 5.96 Å². The van der Waals surface area contributed by atoms with Crippen molar-refractivity contribution < 1.29 is 4.74 Å². The third-order valence-corrected chi connectivity index (χ3v) is 2.91. The minimum atomic E-state index is 0.536. The Labute approximate surface area is 104 Å². The molecular weight excluding hydrogens is 216 g/mol. The maximum Gasteiger partial charge on any atom is 0.188 e. The van der Waals surface area contributed by atoms with E-state index < -0.39 is 0 Å². The number of hydrogen-bond donors (Lipinski definition) is 2. The van der Waals surface area contributed by atoms with Crippen molar-refractivity contribution in [3.05, 3.63) is 0 Å². The van der Waals surface area contributed by atoms with Crippen molar-refractivity contribution in [3.8, 4) is 0 Å². The zero-order chi connectivity index (χ0) is 12.5. The Bertz CT molecular complexity index is 225. The van der Waals surface area contributed by atoms with Gasteiger partial charge in [0.2, 0.25) is 0 Å². The number of rotatable bonds is 7. The van der Waals surface area contributed by atoms with Crippen LogP contribution in [0, 0.1) is 0 Å². The summed E-state index contributed by atoms with van der Waals surface area (Å²) in [7, 11) is 4.07. The summed E-state index contributed by atoms with van der Waals surface area (Å²) in [6.45, 7) is 2.97. The molecule has 1 saturated carbocycles. The van der Waals surface area contributed by atoms with Crippen LogP contribution in [-0.4, -0.2) is 57.3 Å². The molecule has 3 N–H and O–H groups in total. The van der Waals surface area contributed by atoms with E-state index in [0.717, 1.165) is 13.2 Å². The molecule has 1 rings (SSSR count). The smallest absolute Gasteiger partial charge is 0.188 e. The summed E-state index contributed by atoms with van der Waals surface area (Å²) < 4.78 is 5.43. The summed E-state index contributed by atoms with van der Waals surface area (Å²) in [6.07, 6.45) is 5.04. The third kappa shape index (κ3) is 7.18. The highest BCUT2D eigenvalue weighted by atomic mass is 16.5. The quantitative estimate of drug-likeness (QED) is 0.386. The average Bonchev–Trinajstić information content (AvgIpc) is 2.75. The summed E-state index contributed by atoms with van der Waals surface area (Å²) in [5.41, 5.74) is 5.79. The van der Waals surface area contributed by atoms with Crippen molar-refractivity contribution in [2.45, 2.75) is 31.7 Å². The van der Waals surface area contributed by atoms with Crippen LogP contribution in [0.2, 0.25) is 0 Å². The van der Waals surface area contributed by atoms with Crippen LogP contribution in [0.5, 0.6) is 0 Å². The minimum absolute atomic E-state index is 0.536. The lowest BCUT2D eigenvalue weighted by molar-refractivity contribution is 0.124. The predicted octanol–water partition coefficient (Wildman–Crippen LogP) is 0.412. The minimum Gasteiger partial charge on any atom is -0.378 e. The molecule has 1 aliphatic carbocycles. The van der Waals surface area contributed by atoms with E-state index in [-0.39, 0.29) is 0 Å². The zero-order valence-corrected chi connectivity index (χ0v) is 11.1. The Morgan fingerprint density at radius 2 is 2.06 bits per heavy atom. The maximum atomic E-state index is 5.79. The van der Waals surface area contributed by atoms with E-state index in [4.69, 9.17) is 10.5 Å². The molecule has 0 aromatic heterocycles. The van der Waals surface area contributed by atoms with Crippen molar-refractivity contribution in [1.82, 2.24) is 10.2 Å². The Morgan fingerprint density at radius 3 is 2.71 bits per heavy atom. The molecule has 0 amide bonds. The first-order valence-electron chi connectivity index (χ1n) is 6.47. The SMILES string of the molecule is CN(C)CCOCCN=C(N)NC1CCCC1. The van der Waals surface area contributed by atoms with Gasteiger partial charge in [-0.3, -0.25) is 4.99 Å². The van der Waals surface area contributed by atoms with E-state index in [9.17, 15) is 0 Å². The normalized spacial score (nSPS) is 17.9. The van der Waals surface area contributed by atoms with E-state index in [1.165, 1.54) is 25.7 Å². The molecule has 5 nitrogen and oxygen atoms in total. The number of nitrogens with two attached hydrogens (primary N) is 1. The summed E-state index contributed by atoms with van der Waals surface area (Å²) in [4.78, 5) is 6.35. The standard InChI is InChI=1S/C12H26N4O/c1-16(2)8-10-17-9-7-14-12(13)15-11-5-3-4-6-11/h11H,3-10H2,1-2H3,(H3,13,14,15). The van der Waals surface area contributed by atoms with Crippen LogP contribution in [0.15, 0.2) is 4.99 Å². The first-order chi connectivity index (χ1) is 8.18. The summed E-state index contributed by atoms with van der Waals surface area (Å²) in [5.74, 6) is 0.563. The second-order valence-corrected chi connectivity index (χ2v) is 4.81. The number of guanidine groups is 1. The van der Waals surface area contributed by atoms with Crippen molar-refractivity contribution in [1.29, 1.82) is 0 Å². The molecule has 0 aromatic carbocycles. The zero-order valence-electron chi connectivity index (χ0n) is 11.1. The topological polar surface area (TPSA) is 62.9 Å². The number of nitrogens with one attached hydrogen (secondary N) is 1.